The Balaban J connectivity index is 5.13. The van der Waals surface area contributed by atoms with E-state index < -0.39 is 31.6 Å². The zero-order valence-electron chi connectivity index (χ0n) is 10.0. The van der Waals surface area contributed by atoms with Crippen molar-refractivity contribution in [3.8, 4) is 0 Å². The van der Waals surface area contributed by atoms with Crippen molar-refractivity contribution in [3.05, 3.63) is 7.99 Å². The number of allylic oxidation sites excluding steroid dienone is 1. The van der Waals surface area contributed by atoms with Gasteiger partial charge in [-0.05, 0) is 0 Å². The molecule has 0 unspecified atom stereocenters. The van der Waals surface area contributed by atoms with Crippen LogP contribution in [0.2, 0.25) is 32.1 Å². The van der Waals surface area contributed by atoms with Gasteiger partial charge in [-0.15, -0.1) is 0 Å². The summed E-state index contributed by atoms with van der Waals surface area (Å²) in [7, 11) is 0. The van der Waals surface area contributed by atoms with Crippen molar-refractivity contribution in [1.82, 2.24) is 0 Å². The second-order valence-corrected chi connectivity index (χ2v) is 33.6. The predicted octanol–water partition coefficient (Wildman–Crippen LogP) is 4.08. The maximum absolute atomic E-state index is 2.55. The van der Waals surface area contributed by atoms with E-state index in [0.29, 0.717) is 0 Å². The molecule has 12 heavy (non-hydrogen) atoms. The predicted molar refractivity (Wildman–Crippen MR) is 65.1 cm³/mol. The standard InChI is InChI=1S/C7H15Ge.3CH3.Sn/c1-7(2)6-8(3,4)5;;;;/h1-5H3;3*1H3;. The molecule has 0 rings (SSSR count). The molecule has 0 saturated carbocycles. The summed E-state index contributed by atoms with van der Waals surface area (Å²) in [5.74, 6) is 7.60. The van der Waals surface area contributed by atoms with Crippen LogP contribution in [0.3, 0.4) is 0 Å². The van der Waals surface area contributed by atoms with Crippen molar-refractivity contribution < 1.29 is 0 Å². The number of hydrogen-bond acceptors (Lipinski definition) is 0. The molecule has 0 aliphatic carbocycles. The van der Waals surface area contributed by atoms with Gasteiger partial charge in [-0.1, -0.05) is 0 Å². The summed E-state index contributed by atoms with van der Waals surface area (Å²) < 4.78 is 1.98. The van der Waals surface area contributed by atoms with Crippen molar-refractivity contribution in [2.24, 2.45) is 0 Å². The molecule has 0 radical (unpaired) electrons. The van der Waals surface area contributed by atoms with Crippen molar-refractivity contribution in [3.63, 3.8) is 0 Å². The van der Waals surface area contributed by atoms with Crippen LogP contribution in [0, 0.1) is 0 Å². The molecule has 0 aromatic carbocycles. The fraction of sp³-hybridized carbons (Fsp3) is 0.800. The van der Waals surface area contributed by atoms with Crippen LogP contribution in [-0.4, -0.2) is 31.6 Å². The summed E-state index contributed by atoms with van der Waals surface area (Å²) in [4.78, 5) is 7.65. The molecule has 0 aliphatic heterocycles. The molecule has 0 fully saturated rings. The first-order valence-corrected chi connectivity index (χ1v) is 22.1. The average Bonchev–Trinajstić information content (AvgIpc) is 1.49. The van der Waals surface area contributed by atoms with Gasteiger partial charge in [0.2, 0.25) is 0 Å². The van der Waals surface area contributed by atoms with E-state index in [1.807, 2.05) is 2.42 Å². The Labute approximate surface area is 85.1 Å². The topological polar surface area (TPSA) is 0 Å². The summed E-state index contributed by atoms with van der Waals surface area (Å²) in [6.45, 7) is 4.63. The van der Waals surface area contributed by atoms with Gasteiger partial charge in [0.05, 0.1) is 0 Å². The summed E-state index contributed by atoms with van der Waals surface area (Å²) in [6.07, 6.45) is 0. The molecule has 2 heteroatoms. The van der Waals surface area contributed by atoms with E-state index >= 15 is 0 Å². The second-order valence-electron chi connectivity index (χ2n) is 5.88. The first-order chi connectivity index (χ1) is 5.07. The zero-order valence-corrected chi connectivity index (χ0v) is 15.0. The third-order valence-corrected chi connectivity index (χ3v) is 33.6. The third-order valence-electron chi connectivity index (χ3n) is 2.00. The molecular formula is C10H24GeSn. The maximum atomic E-state index is 2.55. The van der Waals surface area contributed by atoms with Crippen LogP contribution in [0.15, 0.2) is 7.99 Å². The van der Waals surface area contributed by atoms with Gasteiger partial charge in [-0.3, -0.25) is 0 Å². The van der Waals surface area contributed by atoms with Crippen LogP contribution < -0.4 is 0 Å². The van der Waals surface area contributed by atoms with Gasteiger partial charge >= 0.3 is 85.6 Å². The van der Waals surface area contributed by atoms with E-state index in [1.165, 1.54) is 0 Å². The Bertz CT molecular complexity index is 171. The molecule has 0 bridgehead atoms. The van der Waals surface area contributed by atoms with Crippen LogP contribution in [0.25, 0.3) is 0 Å². The van der Waals surface area contributed by atoms with Gasteiger partial charge in [0.15, 0.2) is 0 Å². The van der Waals surface area contributed by atoms with Crippen LogP contribution in [0.5, 0.6) is 0 Å². The summed E-state index contributed by atoms with van der Waals surface area (Å²) in [5, 5.41) is 0. The Kier molecular flexibility index (Phi) is 4.44. The van der Waals surface area contributed by atoms with Crippen LogP contribution in [-0.2, 0) is 0 Å². The van der Waals surface area contributed by atoms with Gasteiger partial charge in [0.25, 0.3) is 0 Å². The Morgan fingerprint density at radius 3 is 1.25 bits per heavy atom. The zero-order chi connectivity index (χ0) is 10.2. The number of rotatable bonds is 2. The first-order valence-electron chi connectivity index (χ1n) is 4.75. The molecule has 0 N–H and O–H groups in total. The fourth-order valence-corrected chi connectivity index (χ4v) is 48.1. The van der Waals surface area contributed by atoms with Crippen LogP contribution in [0.4, 0.5) is 0 Å². The number of hydrogen-bond donors (Lipinski definition) is 0. The van der Waals surface area contributed by atoms with Crippen molar-refractivity contribution in [2.45, 2.75) is 45.9 Å². The molecule has 0 aliphatic rings. The van der Waals surface area contributed by atoms with Crippen molar-refractivity contribution in [1.29, 1.82) is 0 Å². The molecule has 0 saturated heterocycles. The van der Waals surface area contributed by atoms with Crippen molar-refractivity contribution in [2.75, 3.05) is 0 Å². The first kappa shape index (κ1) is 13.1. The normalized spacial score (nSPS) is 13.0. The minimum atomic E-state index is -1.74. The van der Waals surface area contributed by atoms with Gasteiger partial charge in [0.1, 0.15) is 0 Å². The molecule has 72 valence electrons. The molecule has 0 spiro atoms. The van der Waals surface area contributed by atoms with Crippen LogP contribution >= 0.6 is 0 Å². The Morgan fingerprint density at radius 2 is 1.25 bits per heavy atom. The van der Waals surface area contributed by atoms with E-state index in [0.717, 1.165) is 0 Å². The van der Waals surface area contributed by atoms with Crippen molar-refractivity contribution >= 4 is 31.6 Å². The molecule has 0 aromatic rings. The molecule has 0 amide bonds. The molecule has 0 heterocycles. The van der Waals surface area contributed by atoms with E-state index in [-0.39, 0.29) is 0 Å². The fourth-order valence-electron chi connectivity index (χ4n) is 2.62. The second kappa shape index (κ2) is 4.07. The average molecular weight is 336 g/mol. The summed E-state index contributed by atoms with van der Waals surface area (Å²) in [5.41, 5.74) is 1.64. The van der Waals surface area contributed by atoms with Crippen LogP contribution in [0.1, 0.15) is 13.8 Å². The van der Waals surface area contributed by atoms with Gasteiger partial charge in [0, 0.05) is 0 Å². The third kappa shape index (κ3) is 3.86. The van der Waals surface area contributed by atoms with Gasteiger partial charge in [-0.2, -0.15) is 0 Å². The SMILES string of the molecule is CC(C)=[C]([Ge]([CH3])([CH3])[CH3])[Sn]([CH3])([CH3])[CH3]. The molecule has 0 aromatic heterocycles. The summed E-state index contributed by atoms with van der Waals surface area (Å²) >= 11 is -3.25. The Hall–Kier alpha value is 1.08. The van der Waals surface area contributed by atoms with Gasteiger partial charge in [-0.25, -0.2) is 0 Å². The molecule has 0 nitrogen and oxygen atoms in total. The molecular weight excluding hydrogens is 311 g/mol. The van der Waals surface area contributed by atoms with E-state index in [9.17, 15) is 0 Å². The minimum absolute atomic E-state index is 1.51. The summed E-state index contributed by atoms with van der Waals surface area (Å²) in [6, 6.07) is 0. The van der Waals surface area contributed by atoms with E-state index in [2.05, 4.69) is 45.9 Å². The van der Waals surface area contributed by atoms with Gasteiger partial charge < -0.3 is 0 Å². The molecule has 0 atom stereocenters. The quantitative estimate of drug-likeness (QED) is 0.667. The Morgan fingerprint density at radius 1 is 0.917 bits per heavy atom. The van der Waals surface area contributed by atoms with E-state index in [4.69, 9.17) is 0 Å². The van der Waals surface area contributed by atoms with E-state index in [1.54, 1.807) is 5.57 Å². The monoisotopic (exact) mass is 338 g/mol.